The minimum atomic E-state index is -1.03. The number of aliphatic carboxylic acids is 1. The molecule has 1 aliphatic heterocycles. The van der Waals surface area contributed by atoms with Crippen molar-refractivity contribution in [3.05, 3.63) is 35.9 Å². The quantitative estimate of drug-likeness (QED) is 0.835. The van der Waals surface area contributed by atoms with Crippen molar-refractivity contribution in [3.63, 3.8) is 0 Å². The molecule has 2 N–H and O–H groups in total. The zero-order valence-corrected chi connectivity index (χ0v) is 12.3. The third-order valence-corrected chi connectivity index (χ3v) is 4.47. The van der Waals surface area contributed by atoms with Gasteiger partial charge in [0.25, 0.3) is 0 Å². The van der Waals surface area contributed by atoms with E-state index in [0.29, 0.717) is 12.6 Å². The fraction of sp³-hybridized carbons (Fsp3) is 0.562. The van der Waals surface area contributed by atoms with Gasteiger partial charge in [0.05, 0.1) is 0 Å². The van der Waals surface area contributed by atoms with Crippen LogP contribution in [0.3, 0.4) is 0 Å². The molecule has 110 valence electrons. The standard InChI is InChI=1S/C16H24N2O2/c1-3-14-10-7-11-18(14)12-16(17-2,15(19)20)13-8-5-4-6-9-13/h4-6,8-9,14,17H,3,7,10-12H2,1-2H3,(H,19,20). The first kappa shape index (κ1) is 15.0. The van der Waals surface area contributed by atoms with Gasteiger partial charge in [-0.2, -0.15) is 0 Å². The Kier molecular flexibility index (Phi) is 4.78. The van der Waals surface area contributed by atoms with Crippen molar-refractivity contribution >= 4 is 5.97 Å². The SMILES string of the molecule is CCC1CCCN1CC(NC)(C(=O)O)c1ccccc1. The van der Waals surface area contributed by atoms with Crippen LogP contribution in [-0.4, -0.2) is 42.2 Å². The van der Waals surface area contributed by atoms with Gasteiger partial charge < -0.3 is 10.4 Å². The molecule has 1 saturated heterocycles. The zero-order valence-electron chi connectivity index (χ0n) is 12.3. The Balaban J connectivity index is 2.30. The van der Waals surface area contributed by atoms with Crippen LogP contribution in [0.4, 0.5) is 0 Å². The van der Waals surface area contributed by atoms with Crippen molar-refractivity contribution in [2.75, 3.05) is 20.1 Å². The van der Waals surface area contributed by atoms with Crippen molar-refractivity contribution in [1.29, 1.82) is 0 Å². The highest BCUT2D eigenvalue weighted by Gasteiger charge is 2.42. The summed E-state index contributed by atoms with van der Waals surface area (Å²) in [5.74, 6) is -0.812. The largest absolute Gasteiger partial charge is 0.480 e. The van der Waals surface area contributed by atoms with Crippen LogP contribution in [0.15, 0.2) is 30.3 Å². The third kappa shape index (κ3) is 2.72. The van der Waals surface area contributed by atoms with E-state index in [1.165, 1.54) is 6.42 Å². The van der Waals surface area contributed by atoms with Crippen LogP contribution < -0.4 is 5.32 Å². The van der Waals surface area contributed by atoms with Gasteiger partial charge in [-0.3, -0.25) is 4.90 Å². The summed E-state index contributed by atoms with van der Waals surface area (Å²) in [5.41, 5.74) is -0.212. The van der Waals surface area contributed by atoms with E-state index < -0.39 is 11.5 Å². The maximum atomic E-state index is 11.9. The number of nitrogens with zero attached hydrogens (tertiary/aromatic N) is 1. The van der Waals surface area contributed by atoms with Crippen molar-refractivity contribution < 1.29 is 9.90 Å². The minimum absolute atomic E-state index is 0.505. The van der Waals surface area contributed by atoms with E-state index in [1.807, 2.05) is 30.3 Å². The van der Waals surface area contributed by atoms with Crippen LogP contribution in [0.5, 0.6) is 0 Å². The fourth-order valence-corrected chi connectivity index (χ4v) is 3.21. The predicted octanol–water partition coefficient (Wildman–Crippen LogP) is 2.06. The smallest absolute Gasteiger partial charge is 0.329 e. The van der Waals surface area contributed by atoms with Crippen molar-refractivity contribution in [2.24, 2.45) is 0 Å². The topological polar surface area (TPSA) is 52.6 Å². The molecule has 4 heteroatoms. The van der Waals surface area contributed by atoms with E-state index >= 15 is 0 Å². The average Bonchev–Trinajstić information content (AvgIpc) is 2.92. The molecular weight excluding hydrogens is 252 g/mol. The van der Waals surface area contributed by atoms with Gasteiger partial charge in [0.15, 0.2) is 5.54 Å². The van der Waals surface area contributed by atoms with E-state index in [9.17, 15) is 9.90 Å². The number of likely N-dealkylation sites (N-methyl/N-ethyl adjacent to an activating group) is 1. The molecule has 1 fully saturated rings. The monoisotopic (exact) mass is 276 g/mol. The molecule has 0 amide bonds. The Morgan fingerprint density at radius 2 is 2.15 bits per heavy atom. The average molecular weight is 276 g/mol. The number of hydrogen-bond donors (Lipinski definition) is 2. The number of rotatable bonds is 6. The lowest BCUT2D eigenvalue weighted by atomic mass is 9.89. The molecule has 0 bridgehead atoms. The van der Waals surface area contributed by atoms with Crippen LogP contribution in [-0.2, 0) is 10.3 Å². The summed E-state index contributed by atoms with van der Waals surface area (Å²) in [6, 6.07) is 9.99. The summed E-state index contributed by atoms with van der Waals surface area (Å²) >= 11 is 0. The predicted molar refractivity (Wildman–Crippen MR) is 79.7 cm³/mol. The van der Waals surface area contributed by atoms with Gasteiger partial charge in [-0.25, -0.2) is 4.79 Å². The molecule has 4 nitrogen and oxygen atoms in total. The van der Waals surface area contributed by atoms with Crippen LogP contribution >= 0.6 is 0 Å². The summed E-state index contributed by atoms with van der Waals surface area (Å²) in [5, 5.41) is 12.9. The highest BCUT2D eigenvalue weighted by Crippen LogP contribution is 2.28. The van der Waals surface area contributed by atoms with Gasteiger partial charge in [-0.1, -0.05) is 37.3 Å². The fourth-order valence-electron chi connectivity index (χ4n) is 3.21. The van der Waals surface area contributed by atoms with Crippen molar-refractivity contribution in [3.8, 4) is 0 Å². The van der Waals surface area contributed by atoms with E-state index in [0.717, 1.165) is 24.9 Å². The first-order valence-electron chi connectivity index (χ1n) is 7.36. The van der Waals surface area contributed by atoms with E-state index in [2.05, 4.69) is 17.1 Å². The van der Waals surface area contributed by atoms with Crippen LogP contribution in [0.1, 0.15) is 31.7 Å². The lowest BCUT2D eigenvalue weighted by molar-refractivity contribution is -0.146. The Bertz CT molecular complexity index is 449. The Labute approximate surface area is 120 Å². The molecule has 0 radical (unpaired) electrons. The highest BCUT2D eigenvalue weighted by molar-refractivity contribution is 5.81. The van der Waals surface area contributed by atoms with Gasteiger partial charge in [-0.15, -0.1) is 0 Å². The summed E-state index contributed by atoms with van der Waals surface area (Å²) in [7, 11) is 1.73. The Morgan fingerprint density at radius 1 is 1.45 bits per heavy atom. The molecule has 2 unspecified atom stereocenters. The summed E-state index contributed by atoms with van der Waals surface area (Å²) in [6.45, 7) is 3.68. The molecule has 0 aliphatic carbocycles. The number of carbonyl (C=O) groups is 1. The van der Waals surface area contributed by atoms with E-state index in [-0.39, 0.29) is 0 Å². The van der Waals surface area contributed by atoms with Crippen LogP contribution in [0.2, 0.25) is 0 Å². The first-order valence-corrected chi connectivity index (χ1v) is 7.36. The van der Waals surface area contributed by atoms with Gasteiger partial charge in [0, 0.05) is 12.6 Å². The number of carboxylic acid groups (broad SMARTS) is 1. The van der Waals surface area contributed by atoms with Gasteiger partial charge in [0.1, 0.15) is 0 Å². The molecule has 1 aromatic carbocycles. The second kappa shape index (κ2) is 6.37. The number of carboxylic acids is 1. The Hall–Kier alpha value is -1.39. The van der Waals surface area contributed by atoms with Crippen molar-refractivity contribution in [1.82, 2.24) is 10.2 Å². The highest BCUT2D eigenvalue weighted by atomic mass is 16.4. The van der Waals surface area contributed by atoms with E-state index in [1.54, 1.807) is 7.05 Å². The lowest BCUT2D eigenvalue weighted by Gasteiger charge is -2.36. The first-order chi connectivity index (χ1) is 9.64. The summed E-state index contributed by atoms with van der Waals surface area (Å²) in [6.07, 6.45) is 3.41. The maximum Gasteiger partial charge on any atom is 0.329 e. The van der Waals surface area contributed by atoms with Gasteiger partial charge in [-0.05, 0) is 38.4 Å². The molecule has 0 aromatic heterocycles. The lowest BCUT2D eigenvalue weighted by Crippen LogP contribution is -2.55. The second-order valence-electron chi connectivity index (χ2n) is 5.50. The molecule has 2 atom stereocenters. The molecule has 0 spiro atoms. The maximum absolute atomic E-state index is 11.9. The zero-order chi connectivity index (χ0) is 14.6. The molecular formula is C16H24N2O2. The molecule has 0 saturated carbocycles. The third-order valence-electron chi connectivity index (χ3n) is 4.47. The van der Waals surface area contributed by atoms with Crippen LogP contribution in [0.25, 0.3) is 0 Å². The molecule has 1 aromatic rings. The molecule has 1 aliphatic rings. The second-order valence-corrected chi connectivity index (χ2v) is 5.50. The summed E-state index contributed by atoms with van der Waals surface area (Å²) < 4.78 is 0. The molecule has 1 heterocycles. The normalized spacial score (nSPS) is 22.6. The number of benzene rings is 1. The molecule has 20 heavy (non-hydrogen) atoms. The number of likely N-dealkylation sites (tertiary alicyclic amines) is 1. The number of hydrogen-bond acceptors (Lipinski definition) is 3. The van der Waals surface area contributed by atoms with Crippen LogP contribution in [0, 0.1) is 0 Å². The minimum Gasteiger partial charge on any atom is -0.480 e. The van der Waals surface area contributed by atoms with Crippen molar-refractivity contribution in [2.45, 2.75) is 37.8 Å². The summed E-state index contributed by atoms with van der Waals surface area (Å²) in [4.78, 5) is 14.3. The van der Waals surface area contributed by atoms with E-state index in [4.69, 9.17) is 0 Å². The molecule has 2 rings (SSSR count). The van der Waals surface area contributed by atoms with Gasteiger partial charge >= 0.3 is 5.97 Å². The number of nitrogens with one attached hydrogen (secondary N) is 1. The van der Waals surface area contributed by atoms with Gasteiger partial charge in [0.2, 0.25) is 0 Å². The Morgan fingerprint density at radius 3 is 2.70 bits per heavy atom.